The van der Waals surface area contributed by atoms with Gasteiger partial charge in [-0.1, -0.05) is 0 Å². The SMILES string of the molecule is N=C(N)c1cc(CN2C3CCC2CC(O)C3)ccn1. The first-order valence-electron chi connectivity index (χ1n) is 6.86. The topological polar surface area (TPSA) is 86.2 Å². The highest BCUT2D eigenvalue weighted by molar-refractivity contribution is 5.93. The molecule has 1 aromatic heterocycles. The predicted octanol–water partition coefficient (Wildman–Crippen LogP) is 0.853. The molecule has 4 N–H and O–H groups in total. The molecule has 1 aromatic rings. The van der Waals surface area contributed by atoms with Crippen molar-refractivity contribution in [1.29, 1.82) is 5.41 Å². The number of hydrogen-bond acceptors (Lipinski definition) is 4. The zero-order valence-corrected chi connectivity index (χ0v) is 10.9. The summed E-state index contributed by atoms with van der Waals surface area (Å²) in [6.07, 6.45) is 5.74. The number of aromatic nitrogens is 1. The van der Waals surface area contributed by atoms with Crippen LogP contribution in [0.25, 0.3) is 0 Å². The molecule has 2 aliphatic heterocycles. The van der Waals surface area contributed by atoms with Crippen molar-refractivity contribution >= 4 is 5.84 Å². The number of amidine groups is 1. The monoisotopic (exact) mass is 260 g/mol. The van der Waals surface area contributed by atoms with Crippen LogP contribution in [0.2, 0.25) is 0 Å². The fourth-order valence-corrected chi connectivity index (χ4v) is 3.43. The van der Waals surface area contributed by atoms with E-state index in [4.69, 9.17) is 11.1 Å². The summed E-state index contributed by atoms with van der Waals surface area (Å²) >= 11 is 0. The van der Waals surface area contributed by atoms with Crippen LogP contribution in [0, 0.1) is 5.41 Å². The Hall–Kier alpha value is -1.46. The number of rotatable bonds is 3. The van der Waals surface area contributed by atoms with Crippen molar-refractivity contribution in [2.24, 2.45) is 5.73 Å². The summed E-state index contributed by atoms with van der Waals surface area (Å²) in [6, 6.07) is 4.88. The average Bonchev–Trinajstić information content (AvgIpc) is 2.62. The zero-order chi connectivity index (χ0) is 13.4. The van der Waals surface area contributed by atoms with Gasteiger partial charge in [0.25, 0.3) is 0 Å². The van der Waals surface area contributed by atoms with Crippen LogP contribution >= 0.6 is 0 Å². The Morgan fingerprint density at radius 1 is 1.42 bits per heavy atom. The van der Waals surface area contributed by atoms with Crippen molar-refractivity contribution in [2.45, 2.75) is 50.4 Å². The van der Waals surface area contributed by atoms with E-state index >= 15 is 0 Å². The molecule has 2 fully saturated rings. The highest BCUT2D eigenvalue weighted by atomic mass is 16.3. The maximum absolute atomic E-state index is 9.81. The van der Waals surface area contributed by atoms with Crippen LogP contribution in [-0.4, -0.2) is 39.0 Å². The molecule has 0 radical (unpaired) electrons. The fraction of sp³-hybridized carbons (Fsp3) is 0.571. The molecule has 19 heavy (non-hydrogen) atoms. The smallest absolute Gasteiger partial charge is 0.141 e. The minimum absolute atomic E-state index is 0.0129. The number of nitrogens with zero attached hydrogens (tertiary/aromatic N) is 2. The molecule has 3 rings (SSSR count). The second-order valence-corrected chi connectivity index (χ2v) is 5.65. The number of nitrogens with two attached hydrogens (primary N) is 1. The lowest BCUT2D eigenvalue weighted by Crippen LogP contribution is -2.44. The van der Waals surface area contributed by atoms with Crippen molar-refractivity contribution in [3.05, 3.63) is 29.6 Å². The van der Waals surface area contributed by atoms with E-state index in [1.807, 2.05) is 12.1 Å². The number of nitrogen functional groups attached to an aromatic ring is 1. The van der Waals surface area contributed by atoms with Gasteiger partial charge in [0.05, 0.1) is 6.10 Å². The third-order valence-corrected chi connectivity index (χ3v) is 4.32. The van der Waals surface area contributed by atoms with E-state index in [-0.39, 0.29) is 11.9 Å². The molecule has 5 heteroatoms. The molecule has 5 nitrogen and oxygen atoms in total. The van der Waals surface area contributed by atoms with E-state index in [1.54, 1.807) is 6.20 Å². The van der Waals surface area contributed by atoms with E-state index in [1.165, 1.54) is 12.8 Å². The minimum atomic E-state index is -0.126. The molecular formula is C14H20N4O. The van der Waals surface area contributed by atoms with Gasteiger partial charge in [-0.05, 0) is 43.4 Å². The maximum atomic E-state index is 9.81. The number of pyridine rings is 1. The Kier molecular flexibility index (Phi) is 3.24. The maximum Gasteiger partial charge on any atom is 0.141 e. The van der Waals surface area contributed by atoms with Crippen LogP contribution in [0.3, 0.4) is 0 Å². The second-order valence-electron chi connectivity index (χ2n) is 5.65. The van der Waals surface area contributed by atoms with Crippen molar-refractivity contribution in [3.63, 3.8) is 0 Å². The van der Waals surface area contributed by atoms with Gasteiger partial charge in [0.2, 0.25) is 0 Å². The van der Waals surface area contributed by atoms with Crippen LogP contribution in [0.5, 0.6) is 0 Å². The van der Waals surface area contributed by atoms with E-state index in [0.29, 0.717) is 17.8 Å². The number of aliphatic hydroxyl groups is 1. The van der Waals surface area contributed by atoms with Gasteiger partial charge in [0.15, 0.2) is 0 Å². The van der Waals surface area contributed by atoms with Crippen LogP contribution in [0.1, 0.15) is 36.9 Å². The van der Waals surface area contributed by atoms with Crippen molar-refractivity contribution in [2.75, 3.05) is 0 Å². The summed E-state index contributed by atoms with van der Waals surface area (Å²) in [5.74, 6) is 0.0129. The lowest BCUT2D eigenvalue weighted by molar-refractivity contribution is 0.0310. The Morgan fingerprint density at radius 2 is 2.11 bits per heavy atom. The van der Waals surface area contributed by atoms with E-state index < -0.39 is 0 Å². The van der Waals surface area contributed by atoms with Crippen LogP contribution in [-0.2, 0) is 6.54 Å². The van der Waals surface area contributed by atoms with Gasteiger partial charge in [0, 0.05) is 24.8 Å². The number of aliphatic hydroxyl groups excluding tert-OH is 1. The average molecular weight is 260 g/mol. The summed E-state index contributed by atoms with van der Waals surface area (Å²) in [6.45, 7) is 0.866. The van der Waals surface area contributed by atoms with Crippen LogP contribution in [0.15, 0.2) is 18.3 Å². The molecule has 0 amide bonds. The fourth-order valence-electron chi connectivity index (χ4n) is 3.43. The largest absolute Gasteiger partial charge is 0.393 e. The van der Waals surface area contributed by atoms with E-state index in [9.17, 15) is 5.11 Å². The third kappa shape index (κ3) is 2.48. The van der Waals surface area contributed by atoms with Gasteiger partial charge in [0.1, 0.15) is 11.5 Å². The summed E-state index contributed by atoms with van der Waals surface area (Å²) in [5.41, 5.74) is 7.17. The Balaban J connectivity index is 1.75. The zero-order valence-electron chi connectivity index (χ0n) is 10.9. The van der Waals surface area contributed by atoms with Crippen molar-refractivity contribution in [1.82, 2.24) is 9.88 Å². The van der Waals surface area contributed by atoms with Crippen LogP contribution < -0.4 is 5.73 Å². The summed E-state index contributed by atoms with van der Waals surface area (Å²) in [5, 5.41) is 17.2. The van der Waals surface area contributed by atoms with E-state index in [2.05, 4.69) is 9.88 Å². The molecule has 2 bridgehead atoms. The molecule has 102 valence electrons. The highest BCUT2D eigenvalue weighted by Crippen LogP contribution is 2.36. The van der Waals surface area contributed by atoms with Gasteiger partial charge in [-0.3, -0.25) is 15.3 Å². The van der Waals surface area contributed by atoms with Gasteiger partial charge in [-0.2, -0.15) is 0 Å². The number of piperidine rings is 1. The van der Waals surface area contributed by atoms with Crippen molar-refractivity contribution < 1.29 is 5.11 Å². The Bertz CT molecular complexity index is 476. The second kappa shape index (κ2) is 4.90. The molecule has 0 spiro atoms. The lowest BCUT2D eigenvalue weighted by atomic mass is 9.99. The molecule has 2 unspecified atom stereocenters. The van der Waals surface area contributed by atoms with Gasteiger partial charge < -0.3 is 10.8 Å². The summed E-state index contributed by atoms with van der Waals surface area (Å²) < 4.78 is 0. The molecule has 0 aromatic carbocycles. The van der Waals surface area contributed by atoms with E-state index in [0.717, 1.165) is 24.9 Å². The Morgan fingerprint density at radius 3 is 2.74 bits per heavy atom. The first-order valence-corrected chi connectivity index (χ1v) is 6.86. The number of nitrogens with one attached hydrogen (secondary N) is 1. The Labute approximate surface area is 113 Å². The van der Waals surface area contributed by atoms with Crippen LogP contribution in [0.4, 0.5) is 0 Å². The molecule has 2 saturated heterocycles. The quantitative estimate of drug-likeness (QED) is 0.555. The third-order valence-electron chi connectivity index (χ3n) is 4.32. The molecule has 2 aliphatic rings. The van der Waals surface area contributed by atoms with Crippen molar-refractivity contribution in [3.8, 4) is 0 Å². The van der Waals surface area contributed by atoms with Gasteiger partial charge >= 0.3 is 0 Å². The molecule has 0 aliphatic carbocycles. The van der Waals surface area contributed by atoms with Gasteiger partial charge in [-0.15, -0.1) is 0 Å². The number of hydrogen-bond donors (Lipinski definition) is 3. The first-order chi connectivity index (χ1) is 9.13. The normalized spacial score (nSPS) is 30.5. The summed E-state index contributed by atoms with van der Waals surface area (Å²) in [4.78, 5) is 6.58. The minimum Gasteiger partial charge on any atom is -0.393 e. The summed E-state index contributed by atoms with van der Waals surface area (Å²) in [7, 11) is 0. The number of fused-ring (bicyclic) bond motifs is 2. The molecular weight excluding hydrogens is 240 g/mol. The molecule has 3 heterocycles. The van der Waals surface area contributed by atoms with Gasteiger partial charge in [-0.25, -0.2) is 0 Å². The standard InChI is InChI=1S/C14H20N4O/c15-14(16)13-5-9(3-4-17-13)8-18-10-1-2-11(18)7-12(19)6-10/h3-5,10-12,19H,1-2,6-8H2,(H3,15,16). The lowest BCUT2D eigenvalue weighted by Gasteiger charge is -2.37. The first kappa shape index (κ1) is 12.6. The molecule has 2 atom stereocenters. The predicted molar refractivity (Wildman–Crippen MR) is 72.8 cm³/mol. The highest BCUT2D eigenvalue weighted by Gasteiger charge is 2.39. The molecule has 0 saturated carbocycles.